The second-order valence-electron chi connectivity index (χ2n) is 5.99. The summed E-state index contributed by atoms with van der Waals surface area (Å²) < 4.78 is 5.20. The second-order valence-corrected chi connectivity index (χ2v) is 5.99. The molecule has 1 atom stereocenters. The van der Waals surface area contributed by atoms with E-state index in [1.54, 1.807) is 7.11 Å². The number of hydrogen-bond acceptors (Lipinski definition) is 4. The first kappa shape index (κ1) is 15.3. The third-order valence-electron chi connectivity index (χ3n) is 3.79. The van der Waals surface area contributed by atoms with E-state index in [0.717, 1.165) is 25.3 Å². The number of nitrogens with zero attached hydrogens (tertiary/aromatic N) is 2. The lowest BCUT2D eigenvalue weighted by molar-refractivity contribution is 0.234. The Morgan fingerprint density at radius 2 is 2.30 bits per heavy atom. The Kier molecular flexibility index (Phi) is 5.80. The van der Waals surface area contributed by atoms with Crippen molar-refractivity contribution in [1.82, 2.24) is 15.2 Å². The Morgan fingerprint density at radius 1 is 1.45 bits per heavy atom. The normalized spacial score (nSPS) is 19.7. The molecule has 1 fully saturated rings. The fourth-order valence-electron chi connectivity index (χ4n) is 2.74. The average molecular weight is 277 g/mol. The maximum atomic E-state index is 5.20. The maximum absolute atomic E-state index is 5.20. The molecule has 4 heteroatoms. The SMILES string of the molecule is COc1cccc(CN2CCCC2CNCC(C)C)n1. The highest BCUT2D eigenvalue weighted by molar-refractivity contribution is 5.15. The summed E-state index contributed by atoms with van der Waals surface area (Å²) in [7, 11) is 1.67. The standard InChI is InChI=1S/C16H27N3O/c1-13(2)10-17-11-15-7-5-9-19(15)12-14-6-4-8-16(18-14)20-3/h4,6,8,13,15,17H,5,7,9-12H2,1-3H3. The molecule has 0 bridgehead atoms. The van der Waals surface area contributed by atoms with Gasteiger partial charge in [-0.25, -0.2) is 4.98 Å². The molecule has 4 nitrogen and oxygen atoms in total. The average Bonchev–Trinajstić information content (AvgIpc) is 2.86. The number of aromatic nitrogens is 1. The van der Waals surface area contributed by atoms with Gasteiger partial charge in [-0.2, -0.15) is 0 Å². The van der Waals surface area contributed by atoms with Crippen LogP contribution in [0.4, 0.5) is 0 Å². The molecule has 1 saturated heterocycles. The summed E-state index contributed by atoms with van der Waals surface area (Å²) in [6.07, 6.45) is 2.58. The molecular formula is C16H27N3O. The Labute approximate surface area is 122 Å². The molecule has 1 aromatic heterocycles. The molecule has 0 saturated carbocycles. The molecule has 0 aliphatic carbocycles. The lowest BCUT2D eigenvalue weighted by Gasteiger charge is -2.25. The van der Waals surface area contributed by atoms with Gasteiger partial charge in [0.25, 0.3) is 0 Å². The van der Waals surface area contributed by atoms with Gasteiger partial charge < -0.3 is 10.1 Å². The quantitative estimate of drug-likeness (QED) is 0.830. The highest BCUT2D eigenvalue weighted by Crippen LogP contribution is 2.19. The number of hydrogen-bond donors (Lipinski definition) is 1. The van der Waals surface area contributed by atoms with Gasteiger partial charge in [0.1, 0.15) is 0 Å². The third-order valence-corrected chi connectivity index (χ3v) is 3.79. The Morgan fingerprint density at radius 3 is 3.05 bits per heavy atom. The predicted octanol–water partition coefficient (Wildman–Crippen LogP) is 2.30. The van der Waals surface area contributed by atoms with Gasteiger partial charge in [0.05, 0.1) is 12.8 Å². The fourth-order valence-corrected chi connectivity index (χ4v) is 2.74. The summed E-state index contributed by atoms with van der Waals surface area (Å²) in [6, 6.07) is 6.64. The summed E-state index contributed by atoms with van der Waals surface area (Å²) >= 11 is 0. The first-order valence-electron chi connectivity index (χ1n) is 7.63. The number of ether oxygens (including phenoxy) is 1. The minimum atomic E-state index is 0.641. The number of pyridine rings is 1. The minimum Gasteiger partial charge on any atom is -0.481 e. The van der Waals surface area contributed by atoms with Crippen molar-refractivity contribution in [3.8, 4) is 5.88 Å². The predicted molar refractivity (Wildman–Crippen MR) is 81.9 cm³/mol. The molecule has 1 N–H and O–H groups in total. The van der Waals surface area contributed by atoms with Crippen LogP contribution >= 0.6 is 0 Å². The Hall–Kier alpha value is -1.13. The largest absolute Gasteiger partial charge is 0.481 e. The molecule has 0 radical (unpaired) electrons. The lowest BCUT2D eigenvalue weighted by Crippen LogP contribution is -2.38. The smallest absolute Gasteiger partial charge is 0.213 e. The van der Waals surface area contributed by atoms with Gasteiger partial charge in [-0.1, -0.05) is 19.9 Å². The zero-order valence-electron chi connectivity index (χ0n) is 12.9. The second kappa shape index (κ2) is 7.60. The summed E-state index contributed by atoms with van der Waals surface area (Å²) in [4.78, 5) is 7.05. The van der Waals surface area contributed by atoms with Crippen LogP contribution in [0.15, 0.2) is 18.2 Å². The van der Waals surface area contributed by atoms with Crippen LogP contribution < -0.4 is 10.1 Å². The molecular weight excluding hydrogens is 250 g/mol. The van der Waals surface area contributed by atoms with Crippen LogP contribution in [-0.4, -0.2) is 42.7 Å². The van der Waals surface area contributed by atoms with Gasteiger partial charge in [0.15, 0.2) is 0 Å². The monoisotopic (exact) mass is 277 g/mol. The molecule has 0 amide bonds. The minimum absolute atomic E-state index is 0.641. The highest BCUT2D eigenvalue weighted by atomic mass is 16.5. The molecule has 2 rings (SSSR count). The molecule has 1 unspecified atom stereocenters. The van der Waals surface area contributed by atoms with Gasteiger partial charge in [-0.05, 0) is 37.9 Å². The van der Waals surface area contributed by atoms with Crippen molar-refractivity contribution < 1.29 is 4.74 Å². The molecule has 0 spiro atoms. The Balaban J connectivity index is 1.86. The van der Waals surface area contributed by atoms with Crippen LogP contribution in [0.5, 0.6) is 5.88 Å². The zero-order valence-corrected chi connectivity index (χ0v) is 12.9. The lowest BCUT2D eigenvalue weighted by atomic mass is 10.2. The van der Waals surface area contributed by atoms with Gasteiger partial charge in [0, 0.05) is 25.2 Å². The van der Waals surface area contributed by atoms with E-state index in [9.17, 15) is 0 Å². The molecule has 112 valence electrons. The Bertz CT molecular complexity index is 408. The van der Waals surface area contributed by atoms with Crippen LogP contribution in [0.25, 0.3) is 0 Å². The number of rotatable bonds is 7. The molecule has 0 aromatic carbocycles. The van der Waals surface area contributed by atoms with Crippen LogP contribution in [-0.2, 0) is 6.54 Å². The van der Waals surface area contributed by atoms with E-state index < -0.39 is 0 Å². The maximum Gasteiger partial charge on any atom is 0.213 e. The first-order chi connectivity index (χ1) is 9.69. The summed E-state index contributed by atoms with van der Waals surface area (Å²) in [6.45, 7) is 8.78. The van der Waals surface area contributed by atoms with Gasteiger partial charge in [-0.3, -0.25) is 4.90 Å². The van der Waals surface area contributed by atoms with Crippen molar-refractivity contribution in [1.29, 1.82) is 0 Å². The van der Waals surface area contributed by atoms with Crippen molar-refractivity contribution in [2.24, 2.45) is 5.92 Å². The molecule has 20 heavy (non-hydrogen) atoms. The molecule has 1 aliphatic heterocycles. The van der Waals surface area contributed by atoms with E-state index >= 15 is 0 Å². The van der Waals surface area contributed by atoms with Crippen LogP contribution in [0.1, 0.15) is 32.4 Å². The van der Waals surface area contributed by atoms with Gasteiger partial charge >= 0.3 is 0 Å². The van der Waals surface area contributed by atoms with Gasteiger partial charge in [0.2, 0.25) is 5.88 Å². The van der Waals surface area contributed by atoms with E-state index in [2.05, 4.69) is 35.1 Å². The number of likely N-dealkylation sites (tertiary alicyclic amines) is 1. The fraction of sp³-hybridized carbons (Fsp3) is 0.688. The summed E-state index contributed by atoms with van der Waals surface area (Å²) in [5, 5.41) is 3.58. The van der Waals surface area contributed by atoms with Crippen LogP contribution in [0.3, 0.4) is 0 Å². The molecule has 1 aromatic rings. The first-order valence-corrected chi connectivity index (χ1v) is 7.63. The van der Waals surface area contributed by atoms with E-state index in [1.807, 2.05) is 12.1 Å². The van der Waals surface area contributed by atoms with Crippen molar-refractivity contribution >= 4 is 0 Å². The van der Waals surface area contributed by atoms with E-state index in [4.69, 9.17) is 4.74 Å². The van der Waals surface area contributed by atoms with E-state index in [1.165, 1.54) is 19.4 Å². The topological polar surface area (TPSA) is 37.4 Å². The van der Waals surface area contributed by atoms with Crippen molar-refractivity contribution in [2.45, 2.75) is 39.3 Å². The third kappa shape index (κ3) is 4.46. The summed E-state index contributed by atoms with van der Waals surface area (Å²) in [5.41, 5.74) is 1.10. The molecule has 2 heterocycles. The number of nitrogens with one attached hydrogen (secondary N) is 1. The highest BCUT2D eigenvalue weighted by Gasteiger charge is 2.24. The van der Waals surface area contributed by atoms with Gasteiger partial charge in [-0.15, -0.1) is 0 Å². The van der Waals surface area contributed by atoms with Crippen LogP contribution in [0, 0.1) is 5.92 Å². The van der Waals surface area contributed by atoms with E-state index in [0.29, 0.717) is 17.8 Å². The van der Waals surface area contributed by atoms with Crippen molar-refractivity contribution in [3.05, 3.63) is 23.9 Å². The van der Waals surface area contributed by atoms with Crippen molar-refractivity contribution in [3.63, 3.8) is 0 Å². The van der Waals surface area contributed by atoms with Crippen molar-refractivity contribution in [2.75, 3.05) is 26.7 Å². The molecule has 1 aliphatic rings. The van der Waals surface area contributed by atoms with Crippen LogP contribution in [0.2, 0.25) is 0 Å². The zero-order chi connectivity index (χ0) is 14.4. The van der Waals surface area contributed by atoms with E-state index in [-0.39, 0.29) is 0 Å². The summed E-state index contributed by atoms with van der Waals surface area (Å²) in [5.74, 6) is 1.42. The number of methoxy groups -OCH3 is 1.